The van der Waals surface area contributed by atoms with Gasteiger partial charge in [-0.2, -0.15) is 0 Å². The highest BCUT2D eigenvalue weighted by Crippen LogP contribution is 2.22. The molecule has 2 atom stereocenters. The fourth-order valence-corrected chi connectivity index (χ4v) is 2.46. The number of carbonyl (C=O) groups excluding carboxylic acids is 1. The van der Waals surface area contributed by atoms with Crippen molar-refractivity contribution in [3.63, 3.8) is 0 Å². The van der Waals surface area contributed by atoms with Crippen molar-refractivity contribution < 1.29 is 13.9 Å². The average Bonchev–Trinajstić information content (AvgIpc) is 2.89. The van der Waals surface area contributed by atoms with Crippen LogP contribution in [0.25, 0.3) is 0 Å². The molecule has 110 valence electrons. The average molecular weight is 281 g/mol. The third-order valence-corrected chi connectivity index (χ3v) is 3.53. The molecule has 1 saturated carbocycles. The standard InChI is InChI=1S/C14H20FN3O2/c1-3-16-13-12(15)11(6-7-17-13)14(19)18-9-4-5-10(8-9)20-2/h6-7,9-10H,3-5,8H2,1-2H3,(H,16,17)(H,18,19). The number of nitrogens with one attached hydrogen (secondary N) is 2. The van der Waals surface area contributed by atoms with Crippen molar-refractivity contribution >= 4 is 11.7 Å². The molecule has 1 aliphatic carbocycles. The molecule has 0 bridgehead atoms. The maximum Gasteiger partial charge on any atom is 0.254 e. The van der Waals surface area contributed by atoms with E-state index in [1.165, 1.54) is 12.3 Å². The van der Waals surface area contributed by atoms with E-state index in [0.29, 0.717) is 6.54 Å². The fraction of sp³-hybridized carbons (Fsp3) is 0.571. The maximum atomic E-state index is 14.1. The molecule has 1 aliphatic rings. The first-order valence-electron chi connectivity index (χ1n) is 6.87. The zero-order chi connectivity index (χ0) is 14.5. The zero-order valence-corrected chi connectivity index (χ0v) is 11.8. The number of ether oxygens (including phenoxy) is 1. The summed E-state index contributed by atoms with van der Waals surface area (Å²) in [5, 5.41) is 5.65. The first kappa shape index (κ1) is 14.7. The van der Waals surface area contributed by atoms with Crippen LogP contribution in [0.1, 0.15) is 36.5 Å². The summed E-state index contributed by atoms with van der Waals surface area (Å²) >= 11 is 0. The van der Waals surface area contributed by atoms with Gasteiger partial charge < -0.3 is 15.4 Å². The van der Waals surface area contributed by atoms with Gasteiger partial charge in [-0.3, -0.25) is 4.79 Å². The molecule has 20 heavy (non-hydrogen) atoms. The van der Waals surface area contributed by atoms with Crippen LogP contribution >= 0.6 is 0 Å². The van der Waals surface area contributed by atoms with Crippen LogP contribution in [0.2, 0.25) is 0 Å². The van der Waals surface area contributed by atoms with Gasteiger partial charge in [-0.1, -0.05) is 0 Å². The number of amides is 1. The second-order valence-electron chi connectivity index (χ2n) is 4.89. The molecular weight excluding hydrogens is 261 g/mol. The molecule has 1 aromatic rings. The minimum absolute atomic E-state index is 0.0248. The van der Waals surface area contributed by atoms with Crippen LogP contribution in [0.5, 0.6) is 0 Å². The van der Waals surface area contributed by atoms with Crippen molar-refractivity contribution in [1.82, 2.24) is 10.3 Å². The molecule has 0 aromatic carbocycles. The monoisotopic (exact) mass is 281 g/mol. The smallest absolute Gasteiger partial charge is 0.254 e. The molecule has 5 nitrogen and oxygen atoms in total. The van der Waals surface area contributed by atoms with Crippen LogP contribution in [-0.2, 0) is 4.74 Å². The lowest BCUT2D eigenvalue weighted by atomic mass is 10.2. The lowest BCUT2D eigenvalue weighted by Crippen LogP contribution is -2.34. The van der Waals surface area contributed by atoms with Crippen LogP contribution in [0.15, 0.2) is 12.3 Å². The Hall–Kier alpha value is -1.69. The summed E-state index contributed by atoms with van der Waals surface area (Å²) < 4.78 is 19.4. The van der Waals surface area contributed by atoms with Crippen LogP contribution in [0.3, 0.4) is 0 Å². The molecule has 0 spiro atoms. The molecule has 1 aromatic heterocycles. The summed E-state index contributed by atoms with van der Waals surface area (Å²) in [6.07, 6.45) is 4.16. The minimum atomic E-state index is -0.604. The van der Waals surface area contributed by atoms with E-state index < -0.39 is 11.7 Å². The highest BCUT2D eigenvalue weighted by Gasteiger charge is 2.27. The summed E-state index contributed by atoms with van der Waals surface area (Å²) in [6.45, 7) is 2.39. The summed E-state index contributed by atoms with van der Waals surface area (Å²) in [6, 6.07) is 1.44. The van der Waals surface area contributed by atoms with Gasteiger partial charge in [-0.15, -0.1) is 0 Å². The van der Waals surface area contributed by atoms with E-state index in [9.17, 15) is 9.18 Å². The van der Waals surface area contributed by atoms with E-state index in [1.54, 1.807) is 7.11 Å². The van der Waals surface area contributed by atoms with Crippen molar-refractivity contribution in [3.8, 4) is 0 Å². The second-order valence-corrected chi connectivity index (χ2v) is 4.89. The third kappa shape index (κ3) is 3.25. The Bertz CT molecular complexity index is 481. The van der Waals surface area contributed by atoms with Crippen LogP contribution in [0.4, 0.5) is 10.2 Å². The molecule has 2 unspecified atom stereocenters. The number of carbonyl (C=O) groups is 1. The first-order chi connectivity index (χ1) is 9.65. The van der Waals surface area contributed by atoms with Crippen molar-refractivity contribution in [1.29, 1.82) is 0 Å². The Morgan fingerprint density at radius 1 is 1.55 bits per heavy atom. The van der Waals surface area contributed by atoms with Gasteiger partial charge in [-0.05, 0) is 32.3 Å². The van der Waals surface area contributed by atoms with Gasteiger partial charge in [-0.25, -0.2) is 9.37 Å². The maximum absolute atomic E-state index is 14.1. The molecule has 2 rings (SSSR count). The Morgan fingerprint density at radius 2 is 2.35 bits per heavy atom. The first-order valence-corrected chi connectivity index (χ1v) is 6.87. The Morgan fingerprint density at radius 3 is 3.00 bits per heavy atom. The molecule has 0 radical (unpaired) electrons. The number of methoxy groups -OCH3 is 1. The molecule has 1 fully saturated rings. The number of nitrogens with zero attached hydrogens (tertiary/aromatic N) is 1. The summed E-state index contributed by atoms with van der Waals surface area (Å²) in [7, 11) is 1.67. The number of aromatic nitrogens is 1. The van der Waals surface area contributed by atoms with Crippen molar-refractivity contribution in [2.45, 2.75) is 38.3 Å². The largest absolute Gasteiger partial charge is 0.381 e. The van der Waals surface area contributed by atoms with Gasteiger partial charge in [0, 0.05) is 25.9 Å². The number of pyridine rings is 1. The number of hydrogen-bond acceptors (Lipinski definition) is 4. The van der Waals surface area contributed by atoms with E-state index in [-0.39, 0.29) is 23.5 Å². The lowest BCUT2D eigenvalue weighted by molar-refractivity contribution is 0.0911. The summed E-state index contributed by atoms with van der Waals surface area (Å²) in [5.74, 6) is -0.889. The normalized spacial score (nSPS) is 21.8. The molecular formula is C14H20FN3O2. The Labute approximate surface area is 117 Å². The minimum Gasteiger partial charge on any atom is -0.381 e. The van der Waals surface area contributed by atoms with E-state index >= 15 is 0 Å². The van der Waals surface area contributed by atoms with Crippen molar-refractivity contribution in [2.75, 3.05) is 19.0 Å². The van der Waals surface area contributed by atoms with Gasteiger partial charge in [0.2, 0.25) is 0 Å². The highest BCUT2D eigenvalue weighted by atomic mass is 19.1. The Balaban J connectivity index is 2.04. The van der Waals surface area contributed by atoms with Crippen LogP contribution in [0, 0.1) is 5.82 Å². The quantitative estimate of drug-likeness (QED) is 0.866. The topological polar surface area (TPSA) is 63.2 Å². The molecule has 0 aliphatic heterocycles. The second kappa shape index (κ2) is 6.65. The predicted molar refractivity (Wildman–Crippen MR) is 74.3 cm³/mol. The van der Waals surface area contributed by atoms with Crippen molar-refractivity contribution in [2.24, 2.45) is 0 Å². The van der Waals surface area contributed by atoms with Gasteiger partial charge in [0.15, 0.2) is 11.6 Å². The fourth-order valence-electron chi connectivity index (χ4n) is 2.46. The summed E-state index contributed by atoms with van der Waals surface area (Å²) in [4.78, 5) is 16.0. The van der Waals surface area contributed by atoms with Gasteiger partial charge >= 0.3 is 0 Å². The molecule has 2 N–H and O–H groups in total. The third-order valence-electron chi connectivity index (χ3n) is 3.53. The van der Waals surface area contributed by atoms with E-state index in [1.807, 2.05) is 6.92 Å². The van der Waals surface area contributed by atoms with Crippen molar-refractivity contribution in [3.05, 3.63) is 23.6 Å². The van der Waals surface area contributed by atoms with Gasteiger partial charge in [0.25, 0.3) is 5.91 Å². The molecule has 0 saturated heterocycles. The number of anilines is 1. The molecule has 1 amide bonds. The number of hydrogen-bond donors (Lipinski definition) is 2. The van der Waals surface area contributed by atoms with E-state index in [2.05, 4.69) is 15.6 Å². The zero-order valence-electron chi connectivity index (χ0n) is 11.8. The number of halogens is 1. The molecule has 1 heterocycles. The Kier molecular flexibility index (Phi) is 4.89. The summed E-state index contributed by atoms with van der Waals surface area (Å²) in [5.41, 5.74) is 0.0248. The molecule has 6 heteroatoms. The van der Waals surface area contributed by atoms with Gasteiger partial charge in [0.1, 0.15) is 0 Å². The predicted octanol–water partition coefficient (Wildman–Crippen LogP) is 1.95. The van der Waals surface area contributed by atoms with Crippen LogP contribution < -0.4 is 10.6 Å². The highest BCUT2D eigenvalue weighted by molar-refractivity contribution is 5.95. The number of rotatable bonds is 5. The SMILES string of the molecule is CCNc1nccc(C(=O)NC2CCC(OC)C2)c1F. The van der Waals surface area contributed by atoms with Crippen LogP contribution in [-0.4, -0.2) is 36.7 Å². The van der Waals surface area contributed by atoms with E-state index in [0.717, 1.165) is 19.3 Å². The van der Waals surface area contributed by atoms with E-state index in [4.69, 9.17) is 4.74 Å². The lowest BCUT2D eigenvalue weighted by Gasteiger charge is -2.14. The van der Waals surface area contributed by atoms with Gasteiger partial charge in [0.05, 0.1) is 11.7 Å².